The summed E-state index contributed by atoms with van der Waals surface area (Å²) in [5, 5.41) is 0. The van der Waals surface area contributed by atoms with E-state index in [-0.39, 0.29) is 0 Å². The van der Waals surface area contributed by atoms with Crippen LogP contribution in [0.15, 0.2) is 24.0 Å². The van der Waals surface area contributed by atoms with Crippen LogP contribution in [-0.4, -0.2) is 7.11 Å². The molecule has 80 valence electrons. The number of methoxy groups -OCH3 is 1. The van der Waals surface area contributed by atoms with Gasteiger partial charge in [0, 0.05) is 0 Å². The van der Waals surface area contributed by atoms with Crippen LogP contribution in [0.3, 0.4) is 0 Å². The lowest BCUT2D eigenvalue weighted by atomic mass is 10.2. The normalized spacial score (nSPS) is 9.46. The molecule has 0 aromatic rings. The molecule has 0 aliphatic rings. The van der Waals surface area contributed by atoms with Crippen molar-refractivity contribution in [2.24, 2.45) is 0 Å². The van der Waals surface area contributed by atoms with Crippen LogP contribution in [0.4, 0.5) is 0 Å². The molecule has 0 aliphatic carbocycles. The van der Waals surface area contributed by atoms with Gasteiger partial charge in [-0.2, -0.15) is 0 Å². The highest BCUT2D eigenvalue weighted by Crippen LogP contribution is 2.08. The predicted octanol–water partition coefficient (Wildman–Crippen LogP) is 4.56. The maximum absolute atomic E-state index is 5.01. The van der Waals surface area contributed by atoms with Crippen LogP contribution < -0.4 is 0 Å². The van der Waals surface area contributed by atoms with Gasteiger partial charge in [0.2, 0.25) is 0 Å². The summed E-state index contributed by atoms with van der Waals surface area (Å²) in [6.07, 6.45) is 2.76. The summed E-state index contributed by atoms with van der Waals surface area (Å²) in [6.45, 7) is 15.8. The Bertz CT molecular complexity index is 123. The van der Waals surface area contributed by atoms with E-state index in [2.05, 4.69) is 13.5 Å². The molecular weight excluding hydrogens is 160 g/mol. The van der Waals surface area contributed by atoms with Gasteiger partial charge in [-0.25, -0.2) is 0 Å². The number of ether oxygens (including phenoxy) is 1. The molecule has 0 spiro atoms. The molecule has 1 heteroatoms. The molecule has 0 unspecified atom stereocenters. The molecule has 1 nitrogen and oxygen atoms in total. The summed E-state index contributed by atoms with van der Waals surface area (Å²) in [5.74, 6) is 0.900. The molecule has 0 aromatic carbocycles. The van der Waals surface area contributed by atoms with E-state index in [0.717, 1.165) is 12.2 Å². The van der Waals surface area contributed by atoms with Crippen LogP contribution in [0, 0.1) is 0 Å². The highest BCUT2D eigenvalue weighted by molar-refractivity contribution is 5.15. The minimum atomic E-state index is 0.900. The van der Waals surface area contributed by atoms with Crippen molar-refractivity contribution in [3.8, 4) is 0 Å². The third kappa shape index (κ3) is 11.3. The highest BCUT2D eigenvalue weighted by Gasteiger charge is 1.92. The largest absolute Gasteiger partial charge is 0.497 e. The molecule has 0 rings (SSSR count). The molecule has 0 atom stereocenters. The molecule has 0 radical (unpaired) electrons. The first kappa shape index (κ1) is 18.1. The van der Waals surface area contributed by atoms with E-state index < -0.39 is 0 Å². The van der Waals surface area contributed by atoms with Crippen LogP contribution in [0.2, 0.25) is 0 Å². The lowest BCUT2D eigenvalue weighted by Crippen LogP contribution is -1.85. The first-order chi connectivity index (χ1) is 6.26. The van der Waals surface area contributed by atoms with Crippen molar-refractivity contribution in [1.29, 1.82) is 0 Å². The van der Waals surface area contributed by atoms with Crippen molar-refractivity contribution >= 4 is 0 Å². The summed E-state index contributed by atoms with van der Waals surface area (Å²) in [7, 11) is 1.66. The van der Waals surface area contributed by atoms with E-state index in [1.54, 1.807) is 13.2 Å². The summed E-state index contributed by atoms with van der Waals surface area (Å²) in [6, 6.07) is 0. The number of hydrogen-bond acceptors (Lipinski definition) is 1. The third-order valence-corrected chi connectivity index (χ3v) is 1.36. The molecule has 0 amide bonds. The molecule has 0 aromatic heterocycles. The summed E-state index contributed by atoms with van der Waals surface area (Å²) >= 11 is 0. The first-order valence-corrected chi connectivity index (χ1v) is 5.12. The summed E-state index contributed by atoms with van der Waals surface area (Å²) in [5.41, 5.74) is 1.24. The fourth-order valence-electron chi connectivity index (χ4n) is 0.606. The van der Waals surface area contributed by atoms with Gasteiger partial charge in [0.25, 0.3) is 0 Å². The summed E-state index contributed by atoms with van der Waals surface area (Å²) in [4.78, 5) is 0. The maximum atomic E-state index is 5.01. The van der Waals surface area contributed by atoms with Gasteiger partial charge in [0.15, 0.2) is 0 Å². The number of allylic oxidation sites excluding steroid dienone is 2. The minimum Gasteiger partial charge on any atom is -0.497 e. The zero-order valence-corrected chi connectivity index (χ0v) is 10.4. The Hall–Kier alpha value is -0.720. The Labute approximate surface area is 84.5 Å². The molecule has 0 bridgehead atoms. The lowest BCUT2D eigenvalue weighted by Gasteiger charge is -2.02. The van der Waals surface area contributed by atoms with Gasteiger partial charge >= 0.3 is 0 Å². The number of hydrogen-bond donors (Lipinski definition) is 0. The second-order valence-electron chi connectivity index (χ2n) is 1.91. The van der Waals surface area contributed by atoms with E-state index in [1.165, 1.54) is 5.57 Å². The topological polar surface area (TPSA) is 9.23 Å². The van der Waals surface area contributed by atoms with Crippen LogP contribution in [0.1, 0.15) is 48.0 Å². The smallest absolute Gasteiger partial charge is 0.117 e. The lowest BCUT2D eigenvalue weighted by molar-refractivity contribution is 0.301. The maximum Gasteiger partial charge on any atom is 0.117 e. The molecule has 0 heterocycles. The van der Waals surface area contributed by atoms with Crippen molar-refractivity contribution in [2.75, 3.05) is 7.11 Å². The van der Waals surface area contributed by atoms with Crippen LogP contribution in [0.5, 0.6) is 0 Å². The molecule has 0 fully saturated rings. The van der Waals surface area contributed by atoms with E-state index in [1.807, 2.05) is 34.6 Å². The second-order valence-corrected chi connectivity index (χ2v) is 1.91. The molecule has 0 N–H and O–H groups in total. The van der Waals surface area contributed by atoms with E-state index in [9.17, 15) is 0 Å². The first-order valence-electron chi connectivity index (χ1n) is 5.12. The van der Waals surface area contributed by atoms with Crippen LogP contribution in [-0.2, 0) is 4.74 Å². The molecule has 0 saturated heterocycles. The van der Waals surface area contributed by atoms with Crippen molar-refractivity contribution in [1.82, 2.24) is 0 Å². The Morgan fingerprint density at radius 3 is 1.69 bits per heavy atom. The van der Waals surface area contributed by atoms with E-state index in [0.29, 0.717) is 0 Å². The van der Waals surface area contributed by atoms with Crippen molar-refractivity contribution in [3.05, 3.63) is 24.0 Å². The Morgan fingerprint density at radius 1 is 1.23 bits per heavy atom. The van der Waals surface area contributed by atoms with Gasteiger partial charge in [-0.3, -0.25) is 0 Å². The fourth-order valence-corrected chi connectivity index (χ4v) is 0.606. The Morgan fingerprint density at radius 2 is 1.62 bits per heavy atom. The average Bonchev–Trinajstić information content (AvgIpc) is 2.25. The van der Waals surface area contributed by atoms with Crippen LogP contribution >= 0.6 is 0 Å². The van der Waals surface area contributed by atoms with Gasteiger partial charge in [0.05, 0.1) is 7.11 Å². The average molecular weight is 186 g/mol. The Kier molecular flexibility index (Phi) is 24.3. The predicted molar refractivity (Wildman–Crippen MR) is 62.9 cm³/mol. The highest BCUT2D eigenvalue weighted by atomic mass is 16.5. The number of rotatable bonds is 3. The minimum absolute atomic E-state index is 0.900. The van der Waals surface area contributed by atoms with Gasteiger partial charge in [0.1, 0.15) is 5.76 Å². The molecule has 0 aliphatic heterocycles. The van der Waals surface area contributed by atoms with E-state index >= 15 is 0 Å². The Balaban J connectivity index is -0.000000218. The van der Waals surface area contributed by atoms with Gasteiger partial charge in [-0.1, -0.05) is 41.2 Å². The molecular formula is C12H26O. The summed E-state index contributed by atoms with van der Waals surface area (Å²) < 4.78 is 5.01. The van der Waals surface area contributed by atoms with Gasteiger partial charge in [-0.05, 0) is 25.0 Å². The monoisotopic (exact) mass is 186 g/mol. The van der Waals surface area contributed by atoms with Crippen molar-refractivity contribution in [3.63, 3.8) is 0 Å². The third-order valence-electron chi connectivity index (χ3n) is 1.36. The molecule has 0 saturated carbocycles. The SMILES string of the molecule is C=C/C(OC)=C(/C)CC.CC.CC. The van der Waals surface area contributed by atoms with Crippen molar-refractivity contribution < 1.29 is 4.74 Å². The molecule has 13 heavy (non-hydrogen) atoms. The zero-order valence-electron chi connectivity index (χ0n) is 10.4. The zero-order chi connectivity index (χ0) is 11.3. The quantitative estimate of drug-likeness (QED) is 0.464. The fraction of sp³-hybridized carbons (Fsp3) is 0.667. The second kappa shape index (κ2) is 17.4. The van der Waals surface area contributed by atoms with E-state index in [4.69, 9.17) is 4.74 Å². The van der Waals surface area contributed by atoms with Crippen molar-refractivity contribution in [2.45, 2.75) is 48.0 Å². The van der Waals surface area contributed by atoms with Gasteiger partial charge in [-0.15, -0.1) is 0 Å². The van der Waals surface area contributed by atoms with Gasteiger partial charge < -0.3 is 4.74 Å². The standard InChI is InChI=1S/C8H14O.2C2H6/c1-5-7(3)8(6-2)9-4;2*1-2/h6H,2,5H2,1,3-4H3;2*1-2H3/b8-7+;;. The van der Waals surface area contributed by atoms with Crippen LogP contribution in [0.25, 0.3) is 0 Å².